The van der Waals surface area contributed by atoms with Crippen LogP contribution in [0.3, 0.4) is 0 Å². The average Bonchev–Trinajstić information content (AvgIpc) is 2.89. The van der Waals surface area contributed by atoms with E-state index in [9.17, 15) is 22.8 Å². The summed E-state index contributed by atoms with van der Waals surface area (Å²) in [4.78, 5) is 39.5. The normalized spacial score (nSPS) is 10.8. The summed E-state index contributed by atoms with van der Waals surface area (Å²) < 4.78 is 41.3. The second kappa shape index (κ2) is 12.2. The number of rotatable bonds is 9. The van der Waals surface area contributed by atoms with E-state index in [0.717, 1.165) is 18.9 Å². The van der Waals surface area contributed by atoms with Crippen LogP contribution in [0.4, 0.5) is 4.79 Å². The highest BCUT2D eigenvalue weighted by atomic mass is 35.5. The minimum Gasteiger partial charge on any atom is -0.497 e. The van der Waals surface area contributed by atoms with Crippen molar-refractivity contribution in [3.63, 3.8) is 0 Å². The Morgan fingerprint density at radius 2 is 1.70 bits per heavy atom. The number of hydrogen-bond donors (Lipinski definition) is 2. The van der Waals surface area contributed by atoms with E-state index in [2.05, 4.69) is 15.0 Å². The fourth-order valence-electron chi connectivity index (χ4n) is 3.00. The molecule has 2 N–H and O–H groups in total. The first-order valence-corrected chi connectivity index (χ1v) is 12.5. The van der Waals surface area contributed by atoms with Gasteiger partial charge < -0.3 is 19.5 Å². The van der Waals surface area contributed by atoms with E-state index in [1.54, 1.807) is 24.3 Å². The van der Waals surface area contributed by atoms with Crippen molar-refractivity contribution in [1.82, 2.24) is 15.0 Å². The molecule has 0 aliphatic heterocycles. The molecule has 194 valence electrons. The van der Waals surface area contributed by atoms with Gasteiger partial charge in [0.25, 0.3) is 21.8 Å². The molecule has 2 aromatic carbocycles. The lowest BCUT2D eigenvalue weighted by Crippen LogP contribution is -2.30. The summed E-state index contributed by atoms with van der Waals surface area (Å²) in [7, 11) is -1.56. The molecule has 0 aliphatic rings. The summed E-state index contributed by atoms with van der Waals surface area (Å²) in [5.41, 5.74) is 0.969. The van der Waals surface area contributed by atoms with E-state index in [4.69, 9.17) is 21.1 Å². The summed E-state index contributed by atoms with van der Waals surface area (Å²) >= 11 is 6.08. The van der Waals surface area contributed by atoms with Crippen molar-refractivity contribution in [1.29, 1.82) is 0 Å². The zero-order valence-corrected chi connectivity index (χ0v) is 21.3. The summed E-state index contributed by atoms with van der Waals surface area (Å²) in [5.74, 6) is -0.908. The van der Waals surface area contributed by atoms with Crippen LogP contribution in [0.25, 0.3) is 0 Å². The monoisotopic (exact) mass is 547 g/mol. The van der Waals surface area contributed by atoms with Gasteiger partial charge in [0.2, 0.25) is 5.88 Å². The number of pyridine rings is 1. The third kappa shape index (κ3) is 7.41. The number of nitrogens with zero attached hydrogens (tertiary/aromatic N) is 1. The number of hydrogen-bond acceptors (Lipinski definition) is 9. The molecule has 0 spiro atoms. The van der Waals surface area contributed by atoms with Crippen molar-refractivity contribution in [3.8, 4) is 11.6 Å². The van der Waals surface area contributed by atoms with E-state index >= 15 is 0 Å². The number of benzene rings is 2. The smallest absolute Gasteiger partial charge is 0.497 e. The second-order valence-corrected chi connectivity index (χ2v) is 9.46. The highest BCUT2D eigenvalue weighted by molar-refractivity contribution is 7.90. The molecule has 0 fully saturated rings. The lowest BCUT2D eigenvalue weighted by molar-refractivity contribution is 0.0951. The van der Waals surface area contributed by atoms with Gasteiger partial charge in [-0.2, -0.15) is 0 Å². The fourth-order valence-corrected chi connectivity index (χ4v) is 4.18. The average molecular weight is 548 g/mol. The number of ether oxygens (including phenoxy) is 3. The van der Waals surface area contributed by atoms with Gasteiger partial charge in [0.1, 0.15) is 5.75 Å². The van der Waals surface area contributed by atoms with E-state index < -0.39 is 22.1 Å². The van der Waals surface area contributed by atoms with Crippen LogP contribution in [0.1, 0.15) is 26.3 Å². The zero-order valence-electron chi connectivity index (χ0n) is 19.7. The second-order valence-electron chi connectivity index (χ2n) is 7.37. The molecule has 3 rings (SSSR count). The van der Waals surface area contributed by atoms with Crippen molar-refractivity contribution in [2.24, 2.45) is 0 Å². The largest absolute Gasteiger partial charge is 0.514 e. The maximum atomic E-state index is 12.6. The summed E-state index contributed by atoms with van der Waals surface area (Å²) in [6.07, 6.45) is 0.490. The van der Waals surface area contributed by atoms with Gasteiger partial charge in [-0.3, -0.25) is 9.59 Å². The van der Waals surface area contributed by atoms with E-state index in [0.29, 0.717) is 12.2 Å². The van der Waals surface area contributed by atoms with Crippen LogP contribution in [0.5, 0.6) is 11.6 Å². The quantitative estimate of drug-likeness (QED) is 0.385. The standard InChI is InChI=1S/C24H22ClN3O8S/c1-34-17-6-9-20(25)19(13-17)23(30)26-12-11-15-3-7-18(8-4-15)37(32,33)28-22(29)16-5-10-21(27-14-16)36-24(31)35-2/h3-10,13-14H,11-12H2,1-2H3,(H,26,30)(H,28,29). The first-order chi connectivity index (χ1) is 17.6. The van der Waals surface area contributed by atoms with Crippen molar-refractivity contribution in [2.45, 2.75) is 11.3 Å². The van der Waals surface area contributed by atoms with Crippen LogP contribution in [0, 0.1) is 0 Å². The maximum absolute atomic E-state index is 12.6. The Morgan fingerprint density at radius 1 is 0.973 bits per heavy atom. The Hall–Kier alpha value is -4.16. The molecule has 0 unspecified atom stereocenters. The summed E-state index contributed by atoms with van der Waals surface area (Å²) in [5, 5.41) is 3.04. The van der Waals surface area contributed by atoms with Gasteiger partial charge in [-0.05, 0) is 48.4 Å². The van der Waals surface area contributed by atoms with Gasteiger partial charge in [-0.15, -0.1) is 0 Å². The van der Waals surface area contributed by atoms with Crippen LogP contribution < -0.4 is 19.5 Å². The Labute approximate surface area is 217 Å². The zero-order chi connectivity index (χ0) is 27.0. The number of carbonyl (C=O) groups is 3. The number of methoxy groups -OCH3 is 2. The highest BCUT2D eigenvalue weighted by Gasteiger charge is 2.19. The molecule has 1 heterocycles. The van der Waals surface area contributed by atoms with Crippen LogP contribution in [-0.4, -0.2) is 52.1 Å². The Bertz CT molecular complexity index is 1390. The van der Waals surface area contributed by atoms with Gasteiger partial charge >= 0.3 is 6.16 Å². The maximum Gasteiger partial charge on any atom is 0.514 e. The fraction of sp³-hybridized carbons (Fsp3) is 0.167. The van der Waals surface area contributed by atoms with E-state index in [-0.39, 0.29) is 39.4 Å². The van der Waals surface area contributed by atoms with Crippen molar-refractivity contribution < 1.29 is 37.0 Å². The Balaban J connectivity index is 1.56. The summed E-state index contributed by atoms with van der Waals surface area (Å²) in [6.45, 7) is 0.276. The first kappa shape index (κ1) is 27.4. The molecule has 1 aromatic heterocycles. The lowest BCUT2D eigenvalue weighted by atomic mass is 10.1. The van der Waals surface area contributed by atoms with Crippen molar-refractivity contribution >= 4 is 39.6 Å². The van der Waals surface area contributed by atoms with Crippen LogP contribution in [0.2, 0.25) is 5.02 Å². The van der Waals surface area contributed by atoms with Crippen molar-refractivity contribution in [2.75, 3.05) is 20.8 Å². The minimum atomic E-state index is -4.17. The number of amides is 2. The van der Waals surface area contributed by atoms with Gasteiger partial charge in [0.05, 0.1) is 35.3 Å². The van der Waals surface area contributed by atoms with Gasteiger partial charge in [0.15, 0.2) is 0 Å². The topological polar surface area (TPSA) is 150 Å². The predicted molar refractivity (Wildman–Crippen MR) is 132 cm³/mol. The number of aromatic nitrogens is 1. The van der Waals surface area contributed by atoms with Crippen LogP contribution >= 0.6 is 11.6 Å². The third-order valence-electron chi connectivity index (χ3n) is 4.93. The molecule has 11 nitrogen and oxygen atoms in total. The molecular formula is C24H22ClN3O8S. The molecule has 2 amide bonds. The predicted octanol–water partition coefficient (Wildman–Crippen LogP) is 2.98. The van der Waals surface area contributed by atoms with Gasteiger partial charge in [0, 0.05) is 18.8 Å². The molecular weight excluding hydrogens is 526 g/mol. The summed E-state index contributed by atoms with van der Waals surface area (Å²) in [6, 6.07) is 13.0. The van der Waals surface area contributed by atoms with Gasteiger partial charge in [-0.25, -0.2) is 22.9 Å². The molecule has 0 bridgehead atoms. The highest BCUT2D eigenvalue weighted by Crippen LogP contribution is 2.22. The molecule has 0 atom stereocenters. The minimum absolute atomic E-state index is 0.0655. The van der Waals surface area contributed by atoms with Crippen LogP contribution in [-0.2, 0) is 21.2 Å². The molecule has 37 heavy (non-hydrogen) atoms. The number of halogens is 1. The first-order valence-electron chi connectivity index (χ1n) is 10.6. The van der Waals surface area contributed by atoms with E-state index in [1.165, 1.54) is 37.4 Å². The Morgan fingerprint density at radius 3 is 2.32 bits per heavy atom. The number of sulfonamides is 1. The van der Waals surface area contributed by atoms with Crippen LogP contribution in [0.15, 0.2) is 65.7 Å². The number of nitrogens with one attached hydrogen (secondary N) is 2. The lowest BCUT2D eigenvalue weighted by Gasteiger charge is -2.10. The molecule has 3 aromatic rings. The number of carbonyl (C=O) groups excluding carboxylic acids is 3. The van der Waals surface area contributed by atoms with E-state index in [1.807, 2.05) is 4.72 Å². The van der Waals surface area contributed by atoms with Crippen molar-refractivity contribution in [3.05, 3.63) is 82.5 Å². The molecule has 0 saturated carbocycles. The third-order valence-corrected chi connectivity index (χ3v) is 6.61. The Kier molecular flexibility index (Phi) is 9.04. The van der Waals surface area contributed by atoms with Gasteiger partial charge in [-0.1, -0.05) is 23.7 Å². The molecule has 0 radical (unpaired) electrons. The molecule has 13 heteroatoms. The SMILES string of the molecule is COC(=O)Oc1ccc(C(=O)NS(=O)(=O)c2ccc(CCNC(=O)c3cc(OC)ccc3Cl)cc2)cn1. The molecule has 0 saturated heterocycles. The molecule has 0 aliphatic carbocycles.